The highest BCUT2D eigenvalue weighted by Gasteiger charge is 2.16. The lowest BCUT2D eigenvalue weighted by Gasteiger charge is -2.10. The fourth-order valence-corrected chi connectivity index (χ4v) is 2.57. The third-order valence-electron chi connectivity index (χ3n) is 3.73. The number of hydrogen-bond acceptors (Lipinski definition) is 6. The maximum Gasteiger partial charge on any atom is 0.387 e. The Bertz CT molecular complexity index is 1070. The van der Waals surface area contributed by atoms with Crippen LogP contribution in [-0.2, 0) is 6.61 Å². The molecule has 1 aromatic heterocycles. The Kier molecular flexibility index (Phi) is 6.48. The molecule has 156 valence electrons. The van der Waals surface area contributed by atoms with E-state index in [0.717, 1.165) is 0 Å². The zero-order valence-electron chi connectivity index (χ0n) is 15.0. The van der Waals surface area contributed by atoms with Crippen LogP contribution in [0.15, 0.2) is 59.0 Å². The number of hydrogen-bond donors (Lipinski definition) is 1. The number of ether oxygens (including phenoxy) is 2. The van der Waals surface area contributed by atoms with Gasteiger partial charge in [-0.3, -0.25) is 14.9 Å². The maximum absolute atomic E-state index is 12.5. The first-order valence-electron chi connectivity index (χ1n) is 8.34. The SMILES string of the molecule is O=C(Nc1ccccc1OC(F)F)c1ccc(COc2cc([N+](=O)[O-])ccc2Cl)o1. The number of carbonyl (C=O) groups excluding carboxylic acids is 1. The van der Waals surface area contributed by atoms with Gasteiger partial charge in [-0.1, -0.05) is 23.7 Å². The first-order valence-corrected chi connectivity index (χ1v) is 8.72. The van der Waals surface area contributed by atoms with Crippen molar-refractivity contribution in [2.45, 2.75) is 13.2 Å². The average Bonchev–Trinajstić information content (AvgIpc) is 3.17. The van der Waals surface area contributed by atoms with Crippen LogP contribution in [0.2, 0.25) is 5.02 Å². The molecule has 0 saturated carbocycles. The monoisotopic (exact) mass is 438 g/mol. The molecule has 0 atom stereocenters. The molecule has 0 aliphatic heterocycles. The van der Waals surface area contributed by atoms with E-state index in [4.69, 9.17) is 20.8 Å². The maximum atomic E-state index is 12.5. The van der Waals surface area contributed by atoms with E-state index in [1.54, 1.807) is 0 Å². The molecule has 0 fully saturated rings. The summed E-state index contributed by atoms with van der Waals surface area (Å²) in [7, 11) is 0. The highest BCUT2D eigenvalue weighted by atomic mass is 35.5. The minimum Gasteiger partial charge on any atom is -0.484 e. The summed E-state index contributed by atoms with van der Waals surface area (Å²) in [5.74, 6) is -0.687. The van der Waals surface area contributed by atoms with Gasteiger partial charge in [-0.15, -0.1) is 0 Å². The summed E-state index contributed by atoms with van der Waals surface area (Å²) in [6.45, 7) is -3.20. The fourth-order valence-electron chi connectivity index (χ4n) is 2.40. The van der Waals surface area contributed by atoms with Crippen molar-refractivity contribution in [3.8, 4) is 11.5 Å². The van der Waals surface area contributed by atoms with Crippen molar-refractivity contribution in [3.63, 3.8) is 0 Å². The molecule has 30 heavy (non-hydrogen) atoms. The van der Waals surface area contributed by atoms with Crippen LogP contribution in [-0.4, -0.2) is 17.4 Å². The van der Waals surface area contributed by atoms with Crippen LogP contribution in [0.25, 0.3) is 0 Å². The standard InChI is InChI=1S/C19H13ClF2N2O6/c20-13-7-5-11(24(26)27)9-17(13)28-10-12-6-8-16(29-12)18(25)23-14-3-1-2-4-15(14)30-19(21)22/h1-9,19H,10H2,(H,23,25). The Morgan fingerprint density at radius 1 is 1.17 bits per heavy atom. The van der Waals surface area contributed by atoms with E-state index < -0.39 is 17.4 Å². The molecule has 0 bridgehead atoms. The molecule has 2 aromatic carbocycles. The fraction of sp³-hybridized carbons (Fsp3) is 0.105. The number of furan rings is 1. The molecule has 1 amide bonds. The topological polar surface area (TPSA) is 104 Å². The van der Waals surface area contributed by atoms with E-state index in [0.29, 0.717) is 0 Å². The van der Waals surface area contributed by atoms with Crippen molar-refractivity contribution in [1.29, 1.82) is 0 Å². The summed E-state index contributed by atoms with van der Waals surface area (Å²) in [6, 6.07) is 12.3. The van der Waals surface area contributed by atoms with Gasteiger partial charge in [0.25, 0.3) is 11.6 Å². The molecule has 0 spiro atoms. The van der Waals surface area contributed by atoms with Crippen molar-refractivity contribution >= 4 is 28.9 Å². The normalized spacial score (nSPS) is 10.7. The van der Waals surface area contributed by atoms with E-state index in [1.165, 1.54) is 54.6 Å². The summed E-state index contributed by atoms with van der Waals surface area (Å²) in [5, 5.41) is 13.4. The number of rotatable bonds is 8. The van der Waals surface area contributed by atoms with Crippen LogP contribution in [0.4, 0.5) is 20.2 Å². The van der Waals surface area contributed by atoms with Gasteiger partial charge in [-0.2, -0.15) is 8.78 Å². The third-order valence-corrected chi connectivity index (χ3v) is 4.04. The van der Waals surface area contributed by atoms with Gasteiger partial charge in [0.15, 0.2) is 5.76 Å². The molecule has 0 aliphatic carbocycles. The van der Waals surface area contributed by atoms with E-state index in [9.17, 15) is 23.7 Å². The first-order chi connectivity index (χ1) is 14.3. The Balaban J connectivity index is 1.66. The second-order valence-electron chi connectivity index (χ2n) is 5.76. The highest BCUT2D eigenvalue weighted by Crippen LogP contribution is 2.30. The number of carbonyl (C=O) groups is 1. The largest absolute Gasteiger partial charge is 0.484 e. The van der Waals surface area contributed by atoms with Crippen LogP contribution in [0.3, 0.4) is 0 Å². The number of nitro benzene ring substituents is 1. The van der Waals surface area contributed by atoms with Crippen LogP contribution in [0.1, 0.15) is 16.3 Å². The Labute approximate surface area is 173 Å². The number of nitrogens with one attached hydrogen (secondary N) is 1. The molecule has 1 heterocycles. The van der Waals surface area contributed by atoms with Gasteiger partial charge in [-0.25, -0.2) is 0 Å². The van der Waals surface area contributed by atoms with Crippen molar-refractivity contribution in [1.82, 2.24) is 0 Å². The van der Waals surface area contributed by atoms with Crippen molar-refractivity contribution in [2.24, 2.45) is 0 Å². The third kappa shape index (κ3) is 5.23. The number of anilines is 1. The predicted octanol–water partition coefficient (Wildman–Crippen LogP) is 5.27. The number of para-hydroxylation sites is 2. The Morgan fingerprint density at radius 2 is 1.93 bits per heavy atom. The van der Waals surface area contributed by atoms with Gasteiger partial charge >= 0.3 is 6.61 Å². The van der Waals surface area contributed by atoms with Gasteiger partial charge in [0.1, 0.15) is 23.9 Å². The van der Waals surface area contributed by atoms with Crippen LogP contribution >= 0.6 is 11.6 Å². The lowest BCUT2D eigenvalue weighted by molar-refractivity contribution is -0.384. The van der Waals surface area contributed by atoms with Gasteiger partial charge in [-0.05, 0) is 30.3 Å². The summed E-state index contributed by atoms with van der Waals surface area (Å²) in [6.07, 6.45) is 0. The summed E-state index contributed by atoms with van der Waals surface area (Å²) in [5.41, 5.74) is -0.154. The zero-order chi connectivity index (χ0) is 21.7. The molecule has 0 radical (unpaired) electrons. The second-order valence-corrected chi connectivity index (χ2v) is 6.16. The summed E-state index contributed by atoms with van der Waals surface area (Å²) >= 11 is 5.96. The average molecular weight is 439 g/mol. The number of nitrogens with zero attached hydrogens (tertiary/aromatic N) is 1. The number of alkyl halides is 2. The minimum atomic E-state index is -3.05. The van der Waals surface area contributed by atoms with E-state index in [-0.39, 0.29) is 46.0 Å². The lowest BCUT2D eigenvalue weighted by atomic mass is 10.3. The van der Waals surface area contributed by atoms with Gasteiger partial charge in [0.2, 0.25) is 0 Å². The molecule has 1 N–H and O–H groups in total. The van der Waals surface area contributed by atoms with E-state index in [1.807, 2.05) is 0 Å². The molecule has 3 rings (SSSR count). The van der Waals surface area contributed by atoms with Crippen molar-refractivity contribution in [3.05, 3.63) is 81.3 Å². The predicted molar refractivity (Wildman–Crippen MR) is 102 cm³/mol. The van der Waals surface area contributed by atoms with Crippen molar-refractivity contribution < 1.29 is 32.4 Å². The quantitative estimate of drug-likeness (QED) is 0.379. The molecular weight excluding hydrogens is 426 g/mol. The number of nitro groups is 1. The van der Waals surface area contributed by atoms with Gasteiger partial charge in [0, 0.05) is 6.07 Å². The number of halogens is 3. The van der Waals surface area contributed by atoms with E-state index >= 15 is 0 Å². The van der Waals surface area contributed by atoms with Crippen LogP contribution in [0.5, 0.6) is 11.5 Å². The molecular formula is C19H13ClF2N2O6. The number of amides is 1. The number of benzene rings is 2. The first kappa shape index (κ1) is 21.1. The number of non-ortho nitro benzene ring substituents is 1. The lowest BCUT2D eigenvalue weighted by Crippen LogP contribution is -2.13. The van der Waals surface area contributed by atoms with Crippen LogP contribution in [0, 0.1) is 10.1 Å². The second kappa shape index (κ2) is 9.23. The minimum absolute atomic E-state index is 0.0420. The van der Waals surface area contributed by atoms with Gasteiger partial charge < -0.3 is 19.2 Å². The molecule has 8 nitrogen and oxygen atoms in total. The smallest absolute Gasteiger partial charge is 0.387 e. The Hall–Kier alpha value is -3.66. The zero-order valence-corrected chi connectivity index (χ0v) is 15.8. The molecule has 0 unspecified atom stereocenters. The molecule has 0 aliphatic rings. The van der Waals surface area contributed by atoms with Crippen LogP contribution < -0.4 is 14.8 Å². The van der Waals surface area contributed by atoms with E-state index in [2.05, 4.69) is 10.1 Å². The summed E-state index contributed by atoms with van der Waals surface area (Å²) < 4.78 is 40.1. The van der Waals surface area contributed by atoms with Gasteiger partial charge in [0.05, 0.1) is 21.7 Å². The summed E-state index contributed by atoms with van der Waals surface area (Å²) in [4.78, 5) is 22.6. The molecule has 0 saturated heterocycles. The van der Waals surface area contributed by atoms with Crippen molar-refractivity contribution in [2.75, 3.05) is 5.32 Å². The highest BCUT2D eigenvalue weighted by molar-refractivity contribution is 6.32. The molecule has 3 aromatic rings. The Morgan fingerprint density at radius 3 is 2.67 bits per heavy atom. The molecule has 11 heteroatoms.